The highest BCUT2D eigenvalue weighted by atomic mass is 35.5. The summed E-state index contributed by atoms with van der Waals surface area (Å²) < 4.78 is 7.43. The summed E-state index contributed by atoms with van der Waals surface area (Å²) in [7, 11) is 0. The molecule has 0 saturated heterocycles. The van der Waals surface area contributed by atoms with E-state index >= 15 is 0 Å². The zero-order chi connectivity index (χ0) is 14.1. The second-order valence-electron chi connectivity index (χ2n) is 4.24. The van der Waals surface area contributed by atoms with Gasteiger partial charge in [-0.1, -0.05) is 23.7 Å². The van der Waals surface area contributed by atoms with Gasteiger partial charge in [-0.2, -0.15) is 9.50 Å². The monoisotopic (exact) mass is 289 g/mol. The van der Waals surface area contributed by atoms with Gasteiger partial charge < -0.3 is 10.5 Å². The summed E-state index contributed by atoms with van der Waals surface area (Å²) >= 11 is 6.09. The van der Waals surface area contributed by atoms with Crippen molar-refractivity contribution in [3.63, 3.8) is 0 Å². The number of para-hydroxylation sites is 1. The van der Waals surface area contributed by atoms with E-state index in [4.69, 9.17) is 22.1 Å². The molecule has 0 aliphatic carbocycles. The Morgan fingerprint density at radius 1 is 1.30 bits per heavy atom. The van der Waals surface area contributed by atoms with E-state index in [9.17, 15) is 0 Å². The highest BCUT2D eigenvalue weighted by molar-refractivity contribution is 6.32. The van der Waals surface area contributed by atoms with Crippen LogP contribution in [0.4, 0.5) is 5.95 Å². The zero-order valence-corrected chi connectivity index (χ0v) is 11.4. The molecule has 0 fully saturated rings. The van der Waals surface area contributed by atoms with E-state index in [1.54, 1.807) is 16.8 Å². The van der Waals surface area contributed by atoms with Crippen molar-refractivity contribution in [2.24, 2.45) is 0 Å². The number of anilines is 1. The van der Waals surface area contributed by atoms with Crippen LogP contribution in [0, 0.1) is 0 Å². The minimum atomic E-state index is -0.276. The molecule has 1 atom stereocenters. The molecule has 1 aromatic carbocycles. The van der Waals surface area contributed by atoms with Gasteiger partial charge in [-0.15, -0.1) is 5.10 Å². The van der Waals surface area contributed by atoms with Crippen molar-refractivity contribution in [1.82, 2.24) is 19.6 Å². The van der Waals surface area contributed by atoms with E-state index in [0.717, 1.165) is 5.69 Å². The van der Waals surface area contributed by atoms with Crippen molar-refractivity contribution in [3.05, 3.63) is 47.2 Å². The number of rotatable bonds is 3. The summed E-state index contributed by atoms with van der Waals surface area (Å²) in [6.07, 6.45) is 1.37. The summed E-state index contributed by atoms with van der Waals surface area (Å²) in [5.41, 5.74) is 6.38. The van der Waals surface area contributed by atoms with Crippen molar-refractivity contribution in [1.29, 1.82) is 0 Å². The quantitative estimate of drug-likeness (QED) is 0.801. The number of benzene rings is 1. The standard InChI is InChI=1S/C13H12ClN5O/c1-8(20-11-5-3-2-4-9(11)14)10-6-7-16-13-17-12(15)18-19(10)13/h2-8H,1H3,(H2,15,18)/t8-/m0/s1. The van der Waals surface area contributed by atoms with Gasteiger partial charge in [-0.25, -0.2) is 4.98 Å². The van der Waals surface area contributed by atoms with E-state index in [1.807, 2.05) is 31.2 Å². The van der Waals surface area contributed by atoms with Gasteiger partial charge >= 0.3 is 0 Å². The van der Waals surface area contributed by atoms with E-state index in [1.165, 1.54) is 0 Å². The predicted molar refractivity (Wildman–Crippen MR) is 75.7 cm³/mol. The molecule has 2 N–H and O–H groups in total. The number of hydrogen-bond acceptors (Lipinski definition) is 5. The van der Waals surface area contributed by atoms with Crippen LogP contribution >= 0.6 is 11.6 Å². The summed E-state index contributed by atoms with van der Waals surface area (Å²) in [5.74, 6) is 1.23. The van der Waals surface area contributed by atoms with Gasteiger partial charge in [0.25, 0.3) is 5.78 Å². The zero-order valence-electron chi connectivity index (χ0n) is 10.7. The van der Waals surface area contributed by atoms with Crippen LogP contribution in [-0.4, -0.2) is 19.6 Å². The number of nitrogens with zero attached hydrogens (tertiary/aromatic N) is 4. The van der Waals surface area contributed by atoms with Gasteiger partial charge in [0.05, 0.1) is 10.7 Å². The molecule has 0 radical (unpaired) electrons. The average Bonchev–Trinajstić information content (AvgIpc) is 2.81. The third-order valence-corrected chi connectivity index (χ3v) is 3.16. The molecule has 7 heteroatoms. The minimum Gasteiger partial charge on any atom is -0.483 e. The molecule has 3 rings (SSSR count). The molecule has 0 unspecified atom stereocenters. The second-order valence-corrected chi connectivity index (χ2v) is 4.65. The number of hydrogen-bond donors (Lipinski definition) is 1. The normalized spacial score (nSPS) is 12.5. The van der Waals surface area contributed by atoms with E-state index < -0.39 is 0 Å². The van der Waals surface area contributed by atoms with Crippen molar-refractivity contribution in [2.75, 3.05) is 5.73 Å². The van der Waals surface area contributed by atoms with Gasteiger partial charge in [0.2, 0.25) is 5.95 Å². The smallest absolute Gasteiger partial charge is 0.254 e. The number of ether oxygens (including phenoxy) is 1. The number of nitrogens with two attached hydrogens (primary N) is 1. The molecule has 2 heterocycles. The first-order valence-electron chi connectivity index (χ1n) is 6.03. The Hall–Kier alpha value is -2.34. The number of aromatic nitrogens is 4. The van der Waals surface area contributed by atoms with Crippen LogP contribution in [0.25, 0.3) is 5.78 Å². The van der Waals surface area contributed by atoms with Crippen LogP contribution in [0.1, 0.15) is 18.7 Å². The summed E-state index contributed by atoms with van der Waals surface area (Å²) in [6, 6.07) is 9.11. The van der Waals surface area contributed by atoms with Crippen molar-refractivity contribution in [2.45, 2.75) is 13.0 Å². The molecule has 20 heavy (non-hydrogen) atoms. The first-order valence-corrected chi connectivity index (χ1v) is 6.41. The van der Waals surface area contributed by atoms with Crippen molar-refractivity contribution >= 4 is 23.3 Å². The maximum Gasteiger partial charge on any atom is 0.254 e. The Balaban J connectivity index is 1.97. The fourth-order valence-corrected chi connectivity index (χ4v) is 2.11. The number of fused-ring (bicyclic) bond motifs is 1. The maximum atomic E-state index is 6.09. The van der Waals surface area contributed by atoms with Gasteiger partial charge in [0, 0.05) is 6.20 Å². The fourth-order valence-electron chi connectivity index (χ4n) is 1.93. The Labute approximate surface area is 120 Å². The van der Waals surface area contributed by atoms with Gasteiger partial charge in [-0.3, -0.25) is 0 Å². The third kappa shape index (κ3) is 2.25. The third-order valence-electron chi connectivity index (χ3n) is 2.84. The molecule has 102 valence electrons. The Morgan fingerprint density at radius 3 is 2.90 bits per heavy atom. The van der Waals surface area contributed by atoms with Crippen LogP contribution < -0.4 is 10.5 Å². The lowest BCUT2D eigenvalue weighted by Gasteiger charge is -2.16. The summed E-state index contributed by atoms with van der Waals surface area (Å²) in [4.78, 5) is 8.12. The lowest BCUT2D eigenvalue weighted by atomic mass is 10.2. The van der Waals surface area contributed by atoms with Crippen LogP contribution in [0.3, 0.4) is 0 Å². The summed E-state index contributed by atoms with van der Waals surface area (Å²) in [6.45, 7) is 1.90. The van der Waals surface area contributed by atoms with E-state index in [-0.39, 0.29) is 12.1 Å². The van der Waals surface area contributed by atoms with Crippen LogP contribution in [0.2, 0.25) is 5.02 Å². The van der Waals surface area contributed by atoms with Gasteiger partial charge in [0.15, 0.2) is 0 Å². The highest BCUT2D eigenvalue weighted by Gasteiger charge is 2.15. The minimum absolute atomic E-state index is 0.176. The van der Waals surface area contributed by atoms with Crippen LogP contribution in [-0.2, 0) is 0 Å². The van der Waals surface area contributed by atoms with Crippen molar-refractivity contribution in [3.8, 4) is 5.75 Å². The van der Waals surface area contributed by atoms with Gasteiger partial charge in [0.1, 0.15) is 11.9 Å². The number of nitrogen functional groups attached to an aromatic ring is 1. The van der Waals surface area contributed by atoms with E-state index in [0.29, 0.717) is 16.5 Å². The molecule has 0 spiro atoms. The number of halogens is 1. The molecule has 6 nitrogen and oxygen atoms in total. The molecule has 0 aliphatic heterocycles. The molecule has 0 saturated carbocycles. The average molecular weight is 290 g/mol. The van der Waals surface area contributed by atoms with Gasteiger partial charge in [-0.05, 0) is 25.1 Å². The largest absolute Gasteiger partial charge is 0.483 e. The molecule has 2 aromatic heterocycles. The SMILES string of the molecule is C[C@H](Oc1ccccc1Cl)c1ccnc2nc(N)nn12. The maximum absolute atomic E-state index is 6.09. The Morgan fingerprint density at radius 2 is 2.10 bits per heavy atom. The molecule has 0 amide bonds. The molecular formula is C13H12ClN5O. The second kappa shape index (κ2) is 4.97. The lowest BCUT2D eigenvalue weighted by Crippen LogP contribution is -2.10. The van der Waals surface area contributed by atoms with Crippen LogP contribution in [0.15, 0.2) is 36.5 Å². The topological polar surface area (TPSA) is 78.3 Å². The first-order chi connectivity index (χ1) is 9.65. The fraction of sp³-hybridized carbons (Fsp3) is 0.154. The molecule has 0 bridgehead atoms. The van der Waals surface area contributed by atoms with Crippen LogP contribution in [0.5, 0.6) is 5.75 Å². The Kier molecular flexibility index (Phi) is 3.15. The molecule has 3 aromatic rings. The summed E-state index contributed by atoms with van der Waals surface area (Å²) in [5, 5.41) is 4.66. The molecule has 0 aliphatic rings. The first kappa shape index (κ1) is 12.7. The highest BCUT2D eigenvalue weighted by Crippen LogP contribution is 2.28. The van der Waals surface area contributed by atoms with Crippen molar-refractivity contribution < 1.29 is 4.74 Å². The molecular weight excluding hydrogens is 278 g/mol. The lowest BCUT2D eigenvalue weighted by molar-refractivity contribution is 0.219. The Bertz CT molecular complexity index is 757. The predicted octanol–water partition coefficient (Wildman–Crippen LogP) is 2.50. The van der Waals surface area contributed by atoms with E-state index in [2.05, 4.69) is 15.1 Å².